The zero-order valence-corrected chi connectivity index (χ0v) is 15.8. The number of fused-ring (bicyclic) bond motifs is 1. The van der Waals surface area contributed by atoms with Crippen LogP contribution in [0.4, 0.5) is 5.82 Å². The third-order valence-corrected chi connectivity index (χ3v) is 4.47. The van der Waals surface area contributed by atoms with E-state index in [2.05, 4.69) is 10.4 Å². The van der Waals surface area contributed by atoms with Crippen molar-refractivity contribution in [3.63, 3.8) is 0 Å². The summed E-state index contributed by atoms with van der Waals surface area (Å²) in [5.74, 6) is 1.05. The highest BCUT2D eigenvalue weighted by Gasteiger charge is 2.11. The van der Waals surface area contributed by atoms with Crippen LogP contribution in [0.1, 0.15) is 11.3 Å². The van der Waals surface area contributed by atoms with Crippen molar-refractivity contribution in [2.24, 2.45) is 0 Å². The molecule has 140 valence electrons. The summed E-state index contributed by atoms with van der Waals surface area (Å²) in [6.07, 6.45) is 0. The summed E-state index contributed by atoms with van der Waals surface area (Å²) in [5.41, 5.74) is 2.89. The first-order valence-electron chi connectivity index (χ1n) is 9.14. The standard InChI is InChI=1S/C23H21N3O2/c1-16-7-10-20(11-8-16)26-22(13-17(2)25-26)24-23(27)15-28-21-12-9-18-5-3-4-6-19(18)14-21/h3-14H,15H2,1-2H3,(H,24,27). The van der Waals surface area contributed by atoms with Gasteiger partial charge in [-0.05, 0) is 48.9 Å². The van der Waals surface area contributed by atoms with Crippen LogP contribution in [0.15, 0.2) is 72.8 Å². The highest BCUT2D eigenvalue weighted by Crippen LogP contribution is 2.21. The lowest BCUT2D eigenvalue weighted by Gasteiger charge is -2.10. The Morgan fingerprint density at radius 3 is 2.50 bits per heavy atom. The third kappa shape index (κ3) is 3.88. The van der Waals surface area contributed by atoms with Crippen LogP contribution in [0.3, 0.4) is 0 Å². The number of ether oxygens (including phenoxy) is 1. The number of aryl methyl sites for hydroxylation is 2. The zero-order chi connectivity index (χ0) is 19.5. The van der Waals surface area contributed by atoms with Crippen LogP contribution in [0.2, 0.25) is 0 Å². The van der Waals surface area contributed by atoms with Gasteiger partial charge in [-0.3, -0.25) is 4.79 Å². The number of hydrogen-bond donors (Lipinski definition) is 1. The average Bonchev–Trinajstić information content (AvgIpc) is 3.06. The maximum atomic E-state index is 12.4. The predicted octanol–water partition coefficient (Wildman–Crippen LogP) is 4.66. The van der Waals surface area contributed by atoms with Crippen molar-refractivity contribution >= 4 is 22.5 Å². The van der Waals surface area contributed by atoms with Gasteiger partial charge in [0.25, 0.3) is 5.91 Å². The van der Waals surface area contributed by atoms with Crippen molar-refractivity contribution in [1.82, 2.24) is 9.78 Å². The molecule has 0 spiro atoms. The molecule has 0 radical (unpaired) electrons. The molecule has 0 saturated heterocycles. The van der Waals surface area contributed by atoms with Gasteiger partial charge in [0.15, 0.2) is 6.61 Å². The Morgan fingerprint density at radius 1 is 0.964 bits per heavy atom. The first kappa shape index (κ1) is 17.8. The predicted molar refractivity (Wildman–Crippen MR) is 111 cm³/mol. The van der Waals surface area contributed by atoms with Crippen LogP contribution in [-0.4, -0.2) is 22.3 Å². The van der Waals surface area contributed by atoms with Crippen LogP contribution in [0, 0.1) is 13.8 Å². The fraction of sp³-hybridized carbons (Fsp3) is 0.130. The molecule has 0 aliphatic heterocycles. The third-order valence-electron chi connectivity index (χ3n) is 4.47. The van der Waals surface area contributed by atoms with E-state index in [0.29, 0.717) is 11.6 Å². The van der Waals surface area contributed by atoms with Crippen LogP contribution in [-0.2, 0) is 4.79 Å². The van der Waals surface area contributed by atoms with Gasteiger partial charge in [0.05, 0.1) is 11.4 Å². The summed E-state index contributed by atoms with van der Waals surface area (Å²) in [5, 5.41) is 9.58. The van der Waals surface area contributed by atoms with E-state index in [1.165, 1.54) is 5.56 Å². The van der Waals surface area contributed by atoms with Crippen molar-refractivity contribution in [2.45, 2.75) is 13.8 Å². The number of nitrogens with zero attached hydrogens (tertiary/aromatic N) is 2. The Morgan fingerprint density at radius 2 is 1.71 bits per heavy atom. The fourth-order valence-electron chi connectivity index (χ4n) is 3.06. The smallest absolute Gasteiger partial charge is 0.263 e. The van der Waals surface area contributed by atoms with Crippen molar-refractivity contribution < 1.29 is 9.53 Å². The molecule has 0 saturated carbocycles. The molecule has 1 N–H and O–H groups in total. The van der Waals surface area contributed by atoms with Crippen molar-refractivity contribution in [1.29, 1.82) is 0 Å². The summed E-state index contributed by atoms with van der Waals surface area (Å²) >= 11 is 0. The van der Waals surface area contributed by atoms with Crippen molar-refractivity contribution in [3.8, 4) is 11.4 Å². The lowest BCUT2D eigenvalue weighted by Crippen LogP contribution is -2.21. The largest absolute Gasteiger partial charge is 0.484 e. The van der Waals surface area contributed by atoms with E-state index in [1.807, 2.05) is 86.6 Å². The monoisotopic (exact) mass is 371 g/mol. The quantitative estimate of drug-likeness (QED) is 0.555. The number of benzene rings is 3. The van der Waals surface area contributed by atoms with Crippen LogP contribution in [0.5, 0.6) is 5.75 Å². The summed E-state index contributed by atoms with van der Waals surface area (Å²) in [4.78, 5) is 12.4. The maximum Gasteiger partial charge on any atom is 0.263 e. The average molecular weight is 371 g/mol. The van der Waals surface area contributed by atoms with Crippen LogP contribution < -0.4 is 10.1 Å². The minimum Gasteiger partial charge on any atom is -0.484 e. The second-order valence-electron chi connectivity index (χ2n) is 6.76. The summed E-state index contributed by atoms with van der Waals surface area (Å²) in [6.45, 7) is 3.85. The summed E-state index contributed by atoms with van der Waals surface area (Å²) in [7, 11) is 0. The molecule has 0 bridgehead atoms. The van der Waals surface area contributed by atoms with E-state index in [1.54, 1.807) is 4.68 Å². The molecule has 3 aromatic carbocycles. The number of carbonyl (C=O) groups is 1. The van der Waals surface area contributed by atoms with Crippen molar-refractivity contribution in [3.05, 3.63) is 84.1 Å². The molecular formula is C23H21N3O2. The molecule has 4 rings (SSSR count). The molecule has 28 heavy (non-hydrogen) atoms. The lowest BCUT2D eigenvalue weighted by molar-refractivity contribution is -0.118. The normalized spacial score (nSPS) is 10.8. The number of anilines is 1. The SMILES string of the molecule is Cc1ccc(-n2nc(C)cc2NC(=O)COc2ccc3ccccc3c2)cc1. The number of amides is 1. The first-order valence-corrected chi connectivity index (χ1v) is 9.14. The van der Waals surface area contributed by atoms with Gasteiger partial charge in [-0.25, -0.2) is 4.68 Å². The summed E-state index contributed by atoms with van der Waals surface area (Å²) < 4.78 is 7.40. The van der Waals surface area contributed by atoms with Crippen molar-refractivity contribution in [2.75, 3.05) is 11.9 Å². The Hall–Kier alpha value is -3.60. The lowest BCUT2D eigenvalue weighted by atomic mass is 10.1. The topological polar surface area (TPSA) is 56.2 Å². The summed E-state index contributed by atoms with van der Waals surface area (Å²) in [6, 6.07) is 23.6. The number of rotatable bonds is 5. The second-order valence-corrected chi connectivity index (χ2v) is 6.76. The molecular weight excluding hydrogens is 350 g/mol. The van der Waals surface area contributed by atoms with Gasteiger partial charge in [-0.2, -0.15) is 5.10 Å². The Kier molecular flexibility index (Phi) is 4.81. The molecule has 0 aliphatic rings. The molecule has 5 nitrogen and oxygen atoms in total. The maximum absolute atomic E-state index is 12.4. The van der Waals surface area contributed by atoms with Gasteiger partial charge in [0.1, 0.15) is 11.6 Å². The van der Waals surface area contributed by atoms with Gasteiger partial charge >= 0.3 is 0 Å². The Bertz CT molecular complexity index is 1130. The van der Waals surface area contributed by atoms with E-state index in [4.69, 9.17) is 4.74 Å². The minimum absolute atomic E-state index is 0.0730. The molecule has 1 heterocycles. The highest BCUT2D eigenvalue weighted by molar-refractivity contribution is 5.91. The van der Waals surface area contributed by atoms with Crippen LogP contribution in [0.25, 0.3) is 16.5 Å². The van der Waals surface area contributed by atoms with E-state index in [-0.39, 0.29) is 12.5 Å². The molecule has 1 aromatic heterocycles. The number of carbonyl (C=O) groups excluding carboxylic acids is 1. The van der Waals surface area contributed by atoms with E-state index in [0.717, 1.165) is 22.2 Å². The molecule has 0 fully saturated rings. The Labute approximate surface area is 163 Å². The fourth-order valence-corrected chi connectivity index (χ4v) is 3.06. The number of nitrogens with one attached hydrogen (secondary N) is 1. The number of aromatic nitrogens is 2. The van der Waals surface area contributed by atoms with Gasteiger partial charge in [0.2, 0.25) is 0 Å². The van der Waals surface area contributed by atoms with Gasteiger partial charge in [-0.15, -0.1) is 0 Å². The van der Waals surface area contributed by atoms with Gasteiger partial charge in [0, 0.05) is 6.07 Å². The van der Waals surface area contributed by atoms with E-state index >= 15 is 0 Å². The second kappa shape index (κ2) is 7.56. The highest BCUT2D eigenvalue weighted by atomic mass is 16.5. The van der Waals surface area contributed by atoms with Gasteiger partial charge in [-0.1, -0.05) is 48.0 Å². The Balaban J connectivity index is 1.45. The molecule has 0 atom stereocenters. The minimum atomic E-state index is -0.235. The first-order chi connectivity index (χ1) is 13.6. The van der Waals surface area contributed by atoms with Crippen LogP contribution >= 0.6 is 0 Å². The molecule has 0 unspecified atom stereocenters. The molecule has 0 aliphatic carbocycles. The zero-order valence-electron chi connectivity index (χ0n) is 15.8. The van der Waals surface area contributed by atoms with E-state index in [9.17, 15) is 4.79 Å². The molecule has 1 amide bonds. The molecule has 4 aromatic rings. The molecule has 5 heteroatoms. The van der Waals surface area contributed by atoms with Gasteiger partial charge < -0.3 is 10.1 Å². The van der Waals surface area contributed by atoms with E-state index < -0.39 is 0 Å². The number of hydrogen-bond acceptors (Lipinski definition) is 3.